The Labute approximate surface area is 232 Å². The first-order chi connectivity index (χ1) is 18.3. The van der Waals surface area contributed by atoms with Crippen molar-refractivity contribution >= 4 is 40.2 Å². The number of aromatic nitrogens is 1. The van der Waals surface area contributed by atoms with Crippen molar-refractivity contribution in [2.75, 3.05) is 32.5 Å². The minimum Gasteiger partial charge on any atom is -0.497 e. The molecule has 4 rings (SSSR count). The van der Waals surface area contributed by atoms with Crippen LogP contribution in [0.1, 0.15) is 50.2 Å². The molecule has 1 aliphatic heterocycles. The molecule has 0 aliphatic carbocycles. The Kier molecular flexibility index (Phi) is 9.87. The highest BCUT2D eigenvalue weighted by molar-refractivity contribution is 7.99. The molecule has 6 nitrogen and oxygen atoms in total. The number of benzene rings is 2. The molecular formula is C29H34ClFN2O4S. The molecule has 0 bridgehead atoms. The molecule has 1 aromatic heterocycles. The third-order valence-electron chi connectivity index (χ3n) is 7.51. The van der Waals surface area contributed by atoms with E-state index in [-0.39, 0.29) is 17.7 Å². The van der Waals surface area contributed by atoms with Gasteiger partial charge in [0.1, 0.15) is 11.6 Å². The van der Waals surface area contributed by atoms with Crippen molar-refractivity contribution in [2.24, 2.45) is 5.41 Å². The van der Waals surface area contributed by atoms with Gasteiger partial charge in [-0.05, 0) is 93.2 Å². The van der Waals surface area contributed by atoms with Gasteiger partial charge in [0.2, 0.25) is 0 Å². The third kappa shape index (κ3) is 7.17. The summed E-state index contributed by atoms with van der Waals surface area (Å²) < 4.78 is 19.2. The molecule has 0 saturated carbocycles. The maximum atomic E-state index is 13.8. The van der Waals surface area contributed by atoms with Crippen molar-refractivity contribution in [3.8, 4) is 5.75 Å². The zero-order chi connectivity index (χ0) is 27.1. The van der Waals surface area contributed by atoms with Gasteiger partial charge in [0.15, 0.2) is 0 Å². The maximum Gasteiger partial charge on any atom is 0.303 e. The van der Waals surface area contributed by atoms with Crippen LogP contribution >= 0.6 is 23.4 Å². The summed E-state index contributed by atoms with van der Waals surface area (Å²) in [4.78, 5) is 19.2. The summed E-state index contributed by atoms with van der Waals surface area (Å²) in [5.74, 6) is 0.481. The fraction of sp³-hybridized carbons (Fsp3) is 0.448. The van der Waals surface area contributed by atoms with Gasteiger partial charge in [0, 0.05) is 22.0 Å². The van der Waals surface area contributed by atoms with Gasteiger partial charge in [-0.15, -0.1) is 11.8 Å². The Morgan fingerprint density at radius 1 is 1.26 bits per heavy atom. The number of nitrogens with zero attached hydrogens (tertiary/aromatic N) is 2. The minimum absolute atomic E-state index is 0.0787. The molecule has 0 radical (unpaired) electrons. The topological polar surface area (TPSA) is 82.9 Å². The predicted molar refractivity (Wildman–Crippen MR) is 150 cm³/mol. The molecule has 0 amide bonds. The van der Waals surface area contributed by atoms with Crippen LogP contribution < -0.4 is 4.74 Å². The van der Waals surface area contributed by atoms with Crippen LogP contribution in [0.2, 0.25) is 5.02 Å². The largest absolute Gasteiger partial charge is 0.497 e. The number of aliphatic hydroxyl groups excluding tert-OH is 1. The van der Waals surface area contributed by atoms with Crippen molar-refractivity contribution < 1.29 is 24.1 Å². The number of hydrogen-bond acceptors (Lipinski definition) is 6. The van der Waals surface area contributed by atoms with E-state index in [1.54, 1.807) is 25.4 Å². The Morgan fingerprint density at radius 3 is 2.74 bits per heavy atom. The molecule has 1 atom stereocenters. The van der Waals surface area contributed by atoms with Crippen LogP contribution in [0, 0.1) is 11.2 Å². The first kappa shape index (κ1) is 28.6. The number of fused-ring (bicyclic) bond motifs is 1. The smallest absolute Gasteiger partial charge is 0.303 e. The molecule has 2 N–H and O–H groups in total. The molecule has 38 heavy (non-hydrogen) atoms. The maximum absolute atomic E-state index is 13.8. The van der Waals surface area contributed by atoms with Crippen molar-refractivity contribution in [1.29, 1.82) is 0 Å². The quantitative estimate of drug-likeness (QED) is 0.191. The summed E-state index contributed by atoms with van der Waals surface area (Å²) in [6, 6.07) is 12.3. The lowest BCUT2D eigenvalue weighted by atomic mass is 9.71. The molecule has 1 aliphatic rings. The Balaban J connectivity index is 1.35. The number of methoxy groups -OCH3 is 1. The first-order valence-electron chi connectivity index (χ1n) is 12.9. The van der Waals surface area contributed by atoms with Crippen molar-refractivity contribution in [2.45, 2.75) is 49.5 Å². The van der Waals surface area contributed by atoms with Crippen LogP contribution in [-0.2, 0) is 4.79 Å². The molecule has 0 unspecified atom stereocenters. The normalized spacial score (nSPS) is 16.4. The molecular weight excluding hydrogens is 527 g/mol. The van der Waals surface area contributed by atoms with Crippen LogP contribution in [0.5, 0.6) is 5.75 Å². The highest BCUT2D eigenvalue weighted by Crippen LogP contribution is 2.43. The average molecular weight is 561 g/mol. The summed E-state index contributed by atoms with van der Waals surface area (Å²) in [7, 11) is 1.58. The van der Waals surface area contributed by atoms with E-state index in [9.17, 15) is 19.4 Å². The number of carbonyl (C=O) groups is 1. The number of piperidine rings is 1. The summed E-state index contributed by atoms with van der Waals surface area (Å²) in [5, 5.41) is 22.0. The van der Waals surface area contributed by atoms with Crippen LogP contribution in [-0.4, -0.2) is 58.6 Å². The predicted octanol–water partition coefficient (Wildman–Crippen LogP) is 6.59. The fourth-order valence-electron chi connectivity index (χ4n) is 5.34. The van der Waals surface area contributed by atoms with Crippen molar-refractivity contribution in [1.82, 2.24) is 9.88 Å². The van der Waals surface area contributed by atoms with Crippen LogP contribution in [0.15, 0.2) is 53.6 Å². The van der Waals surface area contributed by atoms with Crippen molar-refractivity contribution in [3.63, 3.8) is 0 Å². The highest BCUT2D eigenvalue weighted by atomic mass is 35.5. The van der Waals surface area contributed by atoms with Gasteiger partial charge in [-0.3, -0.25) is 9.78 Å². The van der Waals surface area contributed by atoms with E-state index in [1.807, 2.05) is 24.3 Å². The first-order valence-corrected chi connectivity index (χ1v) is 14.3. The van der Waals surface area contributed by atoms with Gasteiger partial charge in [0.25, 0.3) is 0 Å². The molecule has 1 fully saturated rings. The van der Waals surface area contributed by atoms with E-state index < -0.39 is 12.1 Å². The van der Waals surface area contributed by atoms with Gasteiger partial charge in [-0.1, -0.05) is 23.7 Å². The van der Waals surface area contributed by atoms with E-state index in [1.165, 1.54) is 17.8 Å². The molecule has 2 aromatic carbocycles. The summed E-state index contributed by atoms with van der Waals surface area (Å²) in [5.41, 5.74) is 0.940. The van der Waals surface area contributed by atoms with E-state index >= 15 is 0 Å². The number of likely N-dealkylation sites (tertiary alicyclic amines) is 1. The Bertz CT molecular complexity index is 1250. The van der Waals surface area contributed by atoms with Crippen molar-refractivity contribution in [3.05, 3.63) is 65.1 Å². The fourth-order valence-corrected chi connectivity index (χ4v) is 6.49. The van der Waals surface area contributed by atoms with Gasteiger partial charge in [-0.2, -0.15) is 0 Å². The number of aliphatic hydroxyl groups is 1. The number of aliphatic carboxylic acids is 1. The number of rotatable bonds is 12. The molecule has 204 valence electrons. The highest BCUT2D eigenvalue weighted by Gasteiger charge is 2.37. The number of hydrogen-bond donors (Lipinski definition) is 2. The third-order valence-corrected chi connectivity index (χ3v) is 8.94. The van der Waals surface area contributed by atoms with E-state index in [0.29, 0.717) is 39.6 Å². The van der Waals surface area contributed by atoms with E-state index in [2.05, 4.69) is 9.88 Å². The lowest BCUT2D eigenvalue weighted by molar-refractivity contribution is -0.141. The van der Waals surface area contributed by atoms with Crippen LogP contribution in [0.4, 0.5) is 4.39 Å². The molecule has 9 heteroatoms. The molecule has 2 heterocycles. The standard InChI is InChI=1S/C29H34ClFN2O4S/c1-37-20-7-8-24-21(17-20)28(22(30)19-32-24)25(34)9-10-29(18-27(35)36)11-14-33(15-12-29)13-4-16-38-26-6-3-2-5-23(26)31/h2-3,5-8,17,19,25,34H,4,9-16,18H2,1H3,(H,35,36)/t25-/m1/s1. The van der Waals surface area contributed by atoms with Crippen LogP contribution in [0.3, 0.4) is 0 Å². The summed E-state index contributed by atoms with van der Waals surface area (Å²) >= 11 is 8.00. The zero-order valence-corrected chi connectivity index (χ0v) is 23.1. The average Bonchev–Trinajstić information content (AvgIpc) is 2.91. The summed E-state index contributed by atoms with van der Waals surface area (Å²) in [6.45, 7) is 2.52. The number of thioether (sulfide) groups is 1. The molecule has 0 spiro atoms. The second-order valence-corrected chi connectivity index (χ2v) is 11.5. The second kappa shape index (κ2) is 13.1. The Morgan fingerprint density at radius 2 is 2.03 bits per heavy atom. The van der Waals surface area contributed by atoms with Crippen LogP contribution in [0.25, 0.3) is 10.9 Å². The van der Waals surface area contributed by atoms with E-state index in [0.717, 1.165) is 50.0 Å². The lowest BCUT2D eigenvalue weighted by Crippen LogP contribution is -2.41. The number of carboxylic acid groups (broad SMARTS) is 1. The lowest BCUT2D eigenvalue weighted by Gasteiger charge is -2.41. The molecule has 1 saturated heterocycles. The van der Waals surface area contributed by atoms with Gasteiger partial charge in [0.05, 0.1) is 30.2 Å². The number of ether oxygens (including phenoxy) is 1. The van der Waals surface area contributed by atoms with Gasteiger partial charge in [-0.25, -0.2) is 4.39 Å². The zero-order valence-electron chi connectivity index (χ0n) is 21.5. The second-order valence-electron chi connectivity index (χ2n) is 10.0. The van der Waals surface area contributed by atoms with Gasteiger partial charge >= 0.3 is 5.97 Å². The van der Waals surface area contributed by atoms with Gasteiger partial charge < -0.3 is 19.8 Å². The monoisotopic (exact) mass is 560 g/mol. The molecule has 3 aromatic rings. The van der Waals surface area contributed by atoms with E-state index in [4.69, 9.17) is 16.3 Å². The number of pyridine rings is 1. The Hall–Kier alpha value is -2.39. The summed E-state index contributed by atoms with van der Waals surface area (Å²) in [6.07, 6.45) is 4.21. The minimum atomic E-state index is -0.848. The number of halogens is 2. The number of carboxylic acids is 1. The SMILES string of the molecule is COc1ccc2ncc(Cl)c([C@H](O)CCC3(CC(=O)O)CCN(CCCSc4ccccc4F)CC3)c2c1.